The molecule has 1 aromatic heterocycles. The predicted molar refractivity (Wildman–Crippen MR) is 95.1 cm³/mol. The first kappa shape index (κ1) is 18.4. The van der Waals surface area contributed by atoms with Crippen LogP contribution in [0.4, 0.5) is 10.7 Å². The van der Waals surface area contributed by atoms with Crippen molar-refractivity contribution in [3.05, 3.63) is 42.2 Å². The van der Waals surface area contributed by atoms with Crippen LogP contribution in [0.3, 0.4) is 0 Å². The Hall–Kier alpha value is -2.90. The minimum Gasteiger partial charge on any atom is -0.350 e. The van der Waals surface area contributed by atoms with E-state index in [2.05, 4.69) is 26.0 Å². The summed E-state index contributed by atoms with van der Waals surface area (Å²) in [6, 6.07) is 8.60. The molecule has 1 heterocycles. The summed E-state index contributed by atoms with van der Waals surface area (Å²) >= 11 is 0. The lowest BCUT2D eigenvalue weighted by molar-refractivity contribution is -0.123. The van der Waals surface area contributed by atoms with Gasteiger partial charge in [0.05, 0.1) is 6.54 Å². The van der Waals surface area contributed by atoms with Crippen molar-refractivity contribution in [3.63, 3.8) is 0 Å². The molecular weight excluding hydrogens is 320 g/mol. The fraction of sp³-hybridized carbons (Fsp3) is 0.412. The fourth-order valence-corrected chi connectivity index (χ4v) is 2.08. The molecular formula is C17H24N6O2. The van der Waals surface area contributed by atoms with Crippen molar-refractivity contribution in [2.45, 2.75) is 45.8 Å². The van der Waals surface area contributed by atoms with Crippen LogP contribution in [0, 0.1) is 0 Å². The van der Waals surface area contributed by atoms with Crippen LogP contribution in [0.25, 0.3) is 0 Å². The number of rotatable bonds is 5. The number of carbonyl (C=O) groups excluding carboxylic acids is 2. The summed E-state index contributed by atoms with van der Waals surface area (Å²) in [4.78, 5) is 28.0. The van der Waals surface area contributed by atoms with E-state index in [9.17, 15) is 9.59 Å². The summed E-state index contributed by atoms with van der Waals surface area (Å²) in [6.45, 7) is 7.80. The molecule has 0 bridgehead atoms. The highest BCUT2D eigenvalue weighted by atomic mass is 16.2. The Balaban J connectivity index is 1.85. The van der Waals surface area contributed by atoms with E-state index in [1.165, 1.54) is 0 Å². The standard InChI is InChI=1S/C17H24N6O2/c1-12(14(24)21-17(2,3)4)19-16(25)20-15-18-11-23(22-15)10-13-8-6-5-7-9-13/h5-9,11-12H,10H2,1-4H3,(H,21,24)(H2,19,20,22,25)/t12-/m1/s1. The van der Waals surface area contributed by atoms with Crippen molar-refractivity contribution in [2.24, 2.45) is 0 Å². The molecule has 3 N–H and O–H groups in total. The largest absolute Gasteiger partial charge is 0.350 e. The first-order valence-corrected chi connectivity index (χ1v) is 8.06. The van der Waals surface area contributed by atoms with Crippen molar-refractivity contribution in [3.8, 4) is 0 Å². The van der Waals surface area contributed by atoms with Crippen molar-refractivity contribution in [2.75, 3.05) is 5.32 Å². The minimum atomic E-state index is -0.675. The molecule has 25 heavy (non-hydrogen) atoms. The van der Waals surface area contributed by atoms with Crippen molar-refractivity contribution in [1.29, 1.82) is 0 Å². The lowest BCUT2D eigenvalue weighted by Crippen LogP contribution is -2.51. The van der Waals surface area contributed by atoms with Gasteiger partial charge in [-0.2, -0.15) is 0 Å². The van der Waals surface area contributed by atoms with Crippen molar-refractivity contribution < 1.29 is 9.59 Å². The highest BCUT2D eigenvalue weighted by molar-refractivity contribution is 5.92. The van der Waals surface area contributed by atoms with Gasteiger partial charge >= 0.3 is 6.03 Å². The summed E-state index contributed by atoms with van der Waals surface area (Å²) in [6.07, 6.45) is 1.54. The molecule has 3 amide bonds. The van der Waals surface area contributed by atoms with Crippen LogP contribution >= 0.6 is 0 Å². The van der Waals surface area contributed by atoms with Gasteiger partial charge < -0.3 is 10.6 Å². The van der Waals surface area contributed by atoms with Crippen LogP contribution in [0.15, 0.2) is 36.7 Å². The summed E-state index contributed by atoms with van der Waals surface area (Å²) in [7, 11) is 0. The third-order valence-corrected chi connectivity index (χ3v) is 3.19. The predicted octanol–water partition coefficient (Wildman–Crippen LogP) is 1.75. The van der Waals surface area contributed by atoms with Gasteiger partial charge in [0.2, 0.25) is 11.9 Å². The zero-order valence-corrected chi connectivity index (χ0v) is 14.9. The van der Waals surface area contributed by atoms with Crippen molar-refractivity contribution >= 4 is 17.9 Å². The SMILES string of the molecule is C[C@@H](NC(=O)Nc1ncn(Cc2ccccc2)n1)C(=O)NC(C)(C)C. The number of urea groups is 1. The van der Waals surface area contributed by atoms with Gasteiger partial charge in [-0.15, -0.1) is 5.10 Å². The van der Waals surface area contributed by atoms with E-state index in [1.54, 1.807) is 17.9 Å². The van der Waals surface area contributed by atoms with Crippen LogP contribution in [0.2, 0.25) is 0 Å². The number of anilines is 1. The second-order valence-corrected chi connectivity index (χ2v) is 6.81. The Morgan fingerprint density at radius 2 is 1.88 bits per heavy atom. The molecule has 0 saturated heterocycles. The third kappa shape index (κ3) is 6.25. The first-order chi connectivity index (χ1) is 11.7. The maximum atomic E-state index is 12.0. The number of nitrogens with zero attached hydrogens (tertiary/aromatic N) is 3. The van der Waals surface area contributed by atoms with Gasteiger partial charge in [0.15, 0.2) is 0 Å². The molecule has 8 nitrogen and oxygen atoms in total. The lowest BCUT2D eigenvalue weighted by Gasteiger charge is -2.23. The van der Waals surface area contributed by atoms with E-state index in [1.807, 2.05) is 51.1 Å². The maximum Gasteiger partial charge on any atom is 0.322 e. The molecule has 0 aliphatic rings. The molecule has 134 valence electrons. The average Bonchev–Trinajstić information content (AvgIpc) is 2.93. The average molecular weight is 344 g/mol. The molecule has 1 atom stereocenters. The molecule has 2 aromatic rings. The number of aromatic nitrogens is 3. The summed E-state index contributed by atoms with van der Waals surface area (Å²) in [5.41, 5.74) is 0.720. The van der Waals surface area contributed by atoms with Gasteiger partial charge in [0.25, 0.3) is 0 Å². The Kier molecular flexibility index (Phi) is 5.74. The van der Waals surface area contributed by atoms with E-state index in [-0.39, 0.29) is 17.4 Å². The summed E-state index contributed by atoms with van der Waals surface area (Å²) in [5.74, 6) is -0.0814. The number of amides is 3. The lowest BCUT2D eigenvalue weighted by atomic mass is 10.1. The maximum absolute atomic E-state index is 12.0. The van der Waals surface area contributed by atoms with E-state index in [0.29, 0.717) is 6.54 Å². The quantitative estimate of drug-likeness (QED) is 0.769. The highest BCUT2D eigenvalue weighted by Gasteiger charge is 2.21. The third-order valence-electron chi connectivity index (χ3n) is 3.19. The van der Waals surface area contributed by atoms with E-state index in [4.69, 9.17) is 0 Å². The van der Waals surface area contributed by atoms with Crippen LogP contribution in [0.1, 0.15) is 33.3 Å². The van der Waals surface area contributed by atoms with Gasteiger partial charge in [0, 0.05) is 5.54 Å². The topological polar surface area (TPSA) is 101 Å². The van der Waals surface area contributed by atoms with Crippen LogP contribution in [-0.2, 0) is 11.3 Å². The molecule has 0 radical (unpaired) electrons. The minimum absolute atomic E-state index is 0.178. The second-order valence-electron chi connectivity index (χ2n) is 6.81. The Morgan fingerprint density at radius 3 is 2.52 bits per heavy atom. The Labute approximate surface area is 147 Å². The Morgan fingerprint density at radius 1 is 1.20 bits per heavy atom. The van der Waals surface area contributed by atoms with Crippen LogP contribution in [-0.4, -0.2) is 38.3 Å². The number of hydrogen-bond acceptors (Lipinski definition) is 4. The summed E-state index contributed by atoms with van der Waals surface area (Å²) < 4.78 is 1.63. The molecule has 0 spiro atoms. The molecule has 1 aromatic carbocycles. The molecule has 8 heteroatoms. The molecule has 0 unspecified atom stereocenters. The van der Waals surface area contributed by atoms with E-state index in [0.717, 1.165) is 5.56 Å². The van der Waals surface area contributed by atoms with E-state index < -0.39 is 12.1 Å². The zero-order chi connectivity index (χ0) is 18.4. The number of benzene rings is 1. The van der Waals surface area contributed by atoms with Gasteiger partial charge in [-0.05, 0) is 33.3 Å². The fourth-order valence-electron chi connectivity index (χ4n) is 2.08. The van der Waals surface area contributed by atoms with Gasteiger partial charge in [-0.1, -0.05) is 30.3 Å². The van der Waals surface area contributed by atoms with Crippen LogP contribution < -0.4 is 16.0 Å². The van der Waals surface area contributed by atoms with Crippen molar-refractivity contribution in [1.82, 2.24) is 25.4 Å². The van der Waals surface area contributed by atoms with Crippen LogP contribution in [0.5, 0.6) is 0 Å². The molecule has 2 rings (SSSR count). The molecule has 0 aliphatic carbocycles. The zero-order valence-electron chi connectivity index (χ0n) is 14.9. The number of hydrogen-bond donors (Lipinski definition) is 3. The molecule has 0 saturated carbocycles. The monoisotopic (exact) mass is 344 g/mol. The molecule has 0 fully saturated rings. The normalized spacial score (nSPS) is 12.3. The first-order valence-electron chi connectivity index (χ1n) is 8.06. The Bertz CT molecular complexity index is 720. The second kappa shape index (κ2) is 7.78. The van der Waals surface area contributed by atoms with Gasteiger partial charge in [-0.3, -0.25) is 10.1 Å². The van der Waals surface area contributed by atoms with Gasteiger partial charge in [-0.25, -0.2) is 14.5 Å². The number of carbonyl (C=O) groups is 2. The summed E-state index contributed by atoms with van der Waals surface area (Å²) in [5, 5.41) is 12.1. The smallest absolute Gasteiger partial charge is 0.322 e. The number of nitrogens with one attached hydrogen (secondary N) is 3. The highest BCUT2D eigenvalue weighted by Crippen LogP contribution is 2.04. The molecule has 0 aliphatic heterocycles. The van der Waals surface area contributed by atoms with Gasteiger partial charge in [0.1, 0.15) is 12.4 Å². The van der Waals surface area contributed by atoms with E-state index >= 15 is 0 Å².